The van der Waals surface area contributed by atoms with Crippen molar-refractivity contribution in [1.29, 1.82) is 0 Å². The lowest BCUT2D eigenvalue weighted by atomic mass is 10.3. The highest BCUT2D eigenvalue weighted by molar-refractivity contribution is 7.86. The van der Waals surface area contributed by atoms with Gasteiger partial charge in [0.25, 0.3) is 10.1 Å². The van der Waals surface area contributed by atoms with Crippen LogP contribution >= 0.6 is 0 Å². The molecule has 0 heterocycles. The number of rotatable bonds is 7. The number of quaternary nitrogens is 1. The summed E-state index contributed by atoms with van der Waals surface area (Å²) in [6, 6.07) is 0. The van der Waals surface area contributed by atoms with Crippen LogP contribution in [0.15, 0.2) is 0 Å². The van der Waals surface area contributed by atoms with Gasteiger partial charge in [0.2, 0.25) is 5.91 Å². The summed E-state index contributed by atoms with van der Waals surface area (Å²) in [6.07, 6.45) is -1.04. The van der Waals surface area contributed by atoms with E-state index in [0.29, 0.717) is 6.67 Å². The van der Waals surface area contributed by atoms with Crippen LogP contribution in [0.4, 0.5) is 0 Å². The van der Waals surface area contributed by atoms with Crippen molar-refractivity contribution >= 4 is 16.0 Å². The quantitative estimate of drug-likeness (QED) is 0.333. The zero-order chi connectivity index (χ0) is 13.7. The van der Waals surface area contributed by atoms with Crippen LogP contribution in [0, 0.1) is 0 Å². The molecular weight excluding hydrogens is 248 g/mol. The number of hydrogen-bond donors (Lipinski definition) is 2. The number of aliphatic hydroxyl groups is 1. The Labute approximate surface area is 102 Å². The minimum Gasteiger partial charge on any atom is -0.386 e. The maximum absolute atomic E-state index is 11.1. The van der Waals surface area contributed by atoms with E-state index in [2.05, 4.69) is 9.50 Å². The molecule has 0 saturated heterocycles. The molecule has 0 aromatic heterocycles. The SMILES string of the molecule is COS(=O)(=O)CC(O)C[N+](C)(C)CNC(C)=O. The second-order valence-corrected chi connectivity index (χ2v) is 6.34. The summed E-state index contributed by atoms with van der Waals surface area (Å²) >= 11 is 0. The Bertz CT molecular complexity index is 352. The summed E-state index contributed by atoms with van der Waals surface area (Å²) in [5, 5.41) is 12.2. The van der Waals surface area contributed by atoms with Gasteiger partial charge in [0.05, 0.1) is 21.2 Å². The Morgan fingerprint density at radius 1 is 1.47 bits per heavy atom. The van der Waals surface area contributed by atoms with Gasteiger partial charge in [0.15, 0.2) is 6.67 Å². The first-order chi connectivity index (χ1) is 7.58. The second kappa shape index (κ2) is 6.29. The summed E-state index contributed by atoms with van der Waals surface area (Å²) < 4.78 is 26.7. The van der Waals surface area contributed by atoms with Gasteiger partial charge in [-0.3, -0.25) is 8.98 Å². The third-order valence-electron chi connectivity index (χ3n) is 2.11. The summed E-state index contributed by atoms with van der Waals surface area (Å²) in [5.74, 6) is -0.624. The summed E-state index contributed by atoms with van der Waals surface area (Å²) in [5.41, 5.74) is 0. The van der Waals surface area contributed by atoms with E-state index in [9.17, 15) is 18.3 Å². The highest BCUT2D eigenvalue weighted by Gasteiger charge is 2.25. The Balaban J connectivity index is 4.26. The second-order valence-electron chi connectivity index (χ2n) is 4.55. The van der Waals surface area contributed by atoms with Crippen LogP contribution in [-0.4, -0.2) is 70.2 Å². The van der Waals surface area contributed by atoms with Gasteiger partial charge in [-0.1, -0.05) is 0 Å². The fourth-order valence-corrected chi connectivity index (χ4v) is 2.03. The predicted molar refractivity (Wildman–Crippen MR) is 62.5 cm³/mol. The molecule has 0 aromatic rings. The Morgan fingerprint density at radius 3 is 2.41 bits per heavy atom. The van der Waals surface area contributed by atoms with Gasteiger partial charge >= 0.3 is 0 Å². The van der Waals surface area contributed by atoms with Crippen molar-refractivity contribution in [3.05, 3.63) is 0 Å². The highest BCUT2D eigenvalue weighted by atomic mass is 32.2. The van der Waals surface area contributed by atoms with E-state index in [-0.39, 0.29) is 16.9 Å². The lowest BCUT2D eigenvalue weighted by Gasteiger charge is -2.31. The number of hydrogen-bond acceptors (Lipinski definition) is 5. The normalized spacial score (nSPS) is 14.4. The van der Waals surface area contributed by atoms with Crippen molar-refractivity contribution in [1.82, 2.24) is 5.32 Å². The molecule has 0 aliphatic carbocycles. The van der Waals surface area contributed by atoms with Crippen LogP contribution in [0.3, 0.4) is 0 Å². The fraction of sp³-hybridized carbons (Fsp3) is 0.889. The Hall–Kier alpha value is -0.700. The maximum atomic E-state index is 11.1. The molecule has 0 aromatic carbocycles. The van der Waals surface area contributed by atoms with E-state index in [1.54, 1.807) is 14.1 Å². The topological polar surface area (TPSA) is 92.7 Å². The third-order valence-corrected chi connectivity index (χ3v) is 3.41. The first-order valence-corrected chi connectivity index (χ1v) is 6.68. The van der Waals surface area contributed by atoms with E-state index < -0.39 is 22.0 Å². The molecule has 1 unspecified atom stereocenters. The van der Waals surface area contributed by atoms with Crippen molar-refractivity contribution in [2.24, 2.45) is 0 Å². The number of nitrogens with one attached hydrogen (secondary N) is 1. The van der Waals surface area contributed by atoms with Gasteiger partial charge in [-0.05, 0) is 0 Å². The van der Waals surface area contributed by atoms with Gasteiger partial charge in [-0.25, -0.2) is 0 Å². The molecule has 0 rings (SSSR count). The summed E-state index contributed by atoms with van der Waals surface area (Å²) in [4.78, 5) is 10.8. The average molecular weight is 269 g/mol. The lowest BCUT2D eigenvalue weighted by molar-refractivity contribution is -0.894. The molecule has 17 heavy (non-hydrogen) atoms. The smallest absolute Gasteiger partial charge is 0.269 e. The summed E-state index contributed by atoms with van der Waals surface area (Å²) in [6.45, 7) is 1.91. The minimum absolute atomic E-state index is 0.171. The van der Waals surface area contributed by atoms with E-state index in [0.717, 1.165) is 7.11 Å². The minimum atomic E-state index is -3.67. The van der Waals surface area contributed by atoms with E-state index in [1.165, 1.54) is 6.92 Å². The average Bonchev–Trinajstić information content (AvgIpc) is 2.13. The molecule has 8 heteroatoms. The summed E-state index contributed by atoms with van der Waals surface area (Å²) in [7, 11) is 0.938. The number of aliphatic hydroxyl groups excluding tert-OH is 1. The van der Waals surface area contributed by atoms with Crippen LogP contribution in [-0.2, 0) is 19.1 Å². The molecule has 2 N–H and O–H groups in total. The zero-order valence-electron chi connectivity index (χ0n) is 10.6. The monoisotopic (exact) mass is 269 g/mol. The molecule has 0 spiro atoms. The molecule has 0 aliphatic rings. The fourth-order valence-electron chi connectivity index (χ4n) is 1.32. The number of carbonyl (C=O) groups excluding carboxylic acids is 1. The van der Waals surface area contributed by atoms with E-state index in [1.807, 2.05) is 0 Å². The van der Waals surface area contributed by atoms with Crippen LogP contribution in [0.2, 0.25) is 0 Å². The van der Waals surface area contributed by atoms with Crippen molar-refractivity contribution in [2.45, 2.75) is 13.0 Å². The number of carbonyl (C=O) groups is 1. The molecule has 1 atom stereocenters. The largest absolute Gasteiger partial charge is 0.386 e. The standard InChI is InChI=1S/C9H20N2O5S/c1-8(12)10-7-11(2,3)5-9(13)6-17(14,15)16-4/h9,13H,5-7H2,1-4H3/p+1. The van der Waals surface area contributed by atoms with Crippen molar-refractivity contribution in [3.63, 3.8) is 0 Å². The van der Waals surface area contributed by atoms with Crippen LogP contribution < -0.4 is 5.32 Å². The predicted octanol–water partition coefficient (Wildman–Crippen LogP) is -1.51. The van der Waals surface area contributed by atoms with Gasteiger partial charge in [0.1, 0.15) is 18.4 Å². The number of likely N-dealkylation sites (N-methyl/N-ethyl adjacent to an activating group) is 1. The number of nitrogens with zero attached hydrogens (tertiary/aromatic N) is 1. The van der Waals surface area contributed by atoms with Crippen LogP contribution in [0.1, 0.15) is 6.92 Å². The molecule has 0 bridgehead atoms. The van der Waals surface area contributed by atoms with Crippen molar-refractivity contribution < 1.29 is 27.0 Å². The maximum Gasteiger partial charge on any atom is 0.269 e. The lowest BCUT2D eigenvalue weighted by Crippen LogP contribution is -2.52. The first-order valence-electron chi connectivity index (χ1n) is 5.11. The molecular formula is C9H21N2O5S+. The van der Waals surface area contributed by atoms with Gasteiger partial charge in [-0.2, -0.15) is 8.42 Å². The van der Waals surface area contributed by atoms with Gasteiger partial charge < -0.3 is 14.9 Å². The van der Waals surface area contributed by atoms with E-state index in [4.69, 9.17) is 0 Å². The molecule has 0 radical (unpaired) electrons. The van der Waals surface area contributed by atoms with Crippen molar-refractivity contribution in [2.75, 3.05) is 40.2 Å². The molecule has 102 valence electrons. The van der Waals surface area contributed by atoms with Gasteiger partial charge in [-0.15, -0.1) is 0 Å². The molecule has 1 amide bonds. The third kappa shape index (κ3) is 8.08. The molecule has 7 nitrogen and oxygen atoms in total. The van der Waals surface area contributed by atoms with Gasteiger partial charge in [0, 0.05) is 6.92 Å². The molecule has 0 saturated carbocycles. The Kier molecular flexibility index (Phi) is 6.03. The Morgan fingerprint density at radius 2 is 2.00 bits per heavy atom. The van der Waals surface area contributed by atoms with Crippen LogP contribution in [0.5, 0.6) is 0 Å². The molecule has 0 fully saturated rings. The molecule has 0 aliphatic heterocycles. The van der Waals surface area contributed by atoms with Crippen molar-refractivity contribution in [3.8, 4) is 0 Å². The highest BCUT2D eigenvalue weighted by Crippen LogP contribution is 2.02. The van der Waals surface area contributed by atoms with E-state index >= 15 is 0 Å². The zero-order valence-corrected chi connectivity index (χ0v) is 11.5. The van der Waals surface area contributed by atoms with Crippen LogP contribution in [0.25, 0.3) is 0 Å². The number of amides is 1. The first kappa shape index (κ1) is 16.3.